The zero-order chi connectivity index (χ0) is 16.6. The molecule has 0 aliphatic rings. The van der Waals surface area contributed by atoms with Gasteiger partial charge in [0.2, 0.25) is 0 Å². The van der Waals surface area contributed by atoms with E-state index in [0.29, 0.717) is 18.9 Å². The lowest BCUT2D eigenvalue weighted by Crippen LogP contribution is -2.24. The summed E-state index contributed by atoms with van der Waals surface area (Å²) in [6, 6.07) is 8.24. The molecule has 1 N–H and O–H groups in total. The lowest BCUT2D eigenvalue weighted by molar-refractivity contribution is -0.147. The number of rotatable bonds is 10. The van der Waals surface area contributed by atoms with Crippen LogP contribution in [0.25, 0.3) is 0 Å². The van der Waals surface area contributed by atoms with Crippen LogP contribution in [0, 0.1) is 5.41 Å². The second-order valence-electron chi connectivity index (χ2n) is 6.57. The van der Waals surface area contributed by atoms with Crippen molar-refractivity contribution in [3.05, 3.63) is 29.8 Å². The van der Waals surface area contributed by atoms with Crippen LogP contribution in [-0.4, -0.2) is 17.7 Å². The van der Waals surface area contributed by atoms with Crippen molar-refractivity contribution < 1.29 is 14.6 Å². The second-order valence-corrected chi connectivity index (χ2v) is 6.57. The smallest absolute Gasteiger partial charge is 0.309 e. The van der Waals surface area contributed by atoms with Gasteiger partial charge < -0.3 is 9.84 Å². The predicted molar refractivity (Wildman–Crippen MR) is 90.5 cm³/mol. The third kappa shape index (κ3) is 5.36. The molecule has 3 heteroatoms. The minimum atomic E-state index is -0.748. The summed E-state index contributed by atoms with van der Waals surface area (Å²) in [5, 5.41) is 9.12. The van der Waals surface area contributed by atoms with Crippen molar-refractivity contribution in [1.29, 1.82) is 0 Å². The molecule has 3 nitrogen and oxygen atoms in total. The lowest BCUT2D eigenvalue weighted by Gasteiger charge is -2.21. The van der Waals surface area contributed by atoms with Crippen LogP contribution in [0.15, 0.2) is 24.3 Å². The average molecular weight is 306 g/mol. The molecule has 0 radical (unpaired) electrons. The van der Waals surface area contributed by atoms with Gasteiger partial charge in [0.05, 0.1) is 12.0 Å². The van der Waals surface area contributed by atoms with Gasteiger partial charge in [0.15, 0.2) is 0 Å². The molecule has 0 aliphatic carbocycles. The van der Waals surface area contributed by atoms with Crippen LogP contribution in [0.4, 0.5) is 0 Å². The first-order valence-corrected chi connectivity index (χ1v) is 8.37. The zero-order valence-electron chi connectivity index (χ0n) is 14.4. The number of benzene rings is 1. The van der Waals surface area contributed by atoms with Crippen LogP contribution < -0.4 is 4.74 Å². The molecule has 1 aromatic carbocycles. The van der Waals surface area contributed by atoms with E-state index in [4.69, 9.17) is 9.84 Å². The van der Waals surface area contributed by atoms with Gasteiger partial charge in [-0.2, -0.15) is 0 Å². The summed E-state index contributed by atoms with van der Waals surface area (Å²) in [5.74, 6) is 0.745. The summed E-state index contributed by atoms with van der Waals surface area (Å²) in [6.07, 6.45) is 4.82. The SMILES string of the molecule is CCCC(CC)c1ccccc1OCCCC(C)(C)C(=O)O. The number of hydrogen-bond acceptors (Lipinski definition) is 2. The van der Waals surface area contributed by atoms with Crippen molar-refractivity contribution in [2.45, 2.75) is 65.7 Å². The lowest BCUT2D eigenvalue weighted by atomic mass is 9.88. The molecule has 1 aromatic rings. The fourth-order valence-electron chi connectivity index (χ4n) is 2.68. The van der Waals surface area contributed by atoms with E-state index in [9.17, 15) is 4.79 Å². The first-order chi connectivity index (χ1) is 10.4. The fourth-order valence-corrected chi connectivity index (χ4v) is 2.68. The summed E-state index contributed by atoms with van der Waals surface area (Å²) in [7, 11) is 0. The number of para-hydroxylation sites is 1. The maximum Gasteiger partial charge on any atom is 0.309 e. The van der Waals surface area contributed by atoms with Gasteiger partial charge in [-0.3, -0.25) is 4.79 Å². The molecule has 0 amide bonds. The van der Waals surface area contributed by atoms with Crippen molar-refractivity contribution in [2.75, 3.05) is 6.61 Å². The van der Waals surface area contributed by atoms with E-state index in [1.165, 1.54) is 18.4 Å². The van der Waals surface area contributed by atoms with Crippen LogP contribution in [0.2, 0.25) is 0 Å². The minimum Gasteiger partial charge on any atom is -0.493 e. The molecular weight excluding hydrogens is 276 g/mol. The van der Waals surface area contributed by atoms with E-state index in [1.807, 2.05) is 12.1 Å². The van der Waals surface area contributed by atoms with Crippen LogP contribution in [-0.2, 0) is 4.79 Å². The van der Waals surface area contributed by atoms with Crippen molar-refractivity contribution in [1.82, 2.24) is 0 Å². The third-order valence-corrected chi connectivity index (χ3v) is 4.27. The van der Waals surface area contributed by atoms with E-state index < -0.39 is 11.4 Å². The van der Waals surface area contributed by atoms with Gasteiger partial charge in [-0.15, -0.1) is 0 Å². The van der Waals surface area contributed by atoms with Gasteiger partial charge in [-0.05, 0) is 57.1 Å². The number of carbonyl (C=O) groups is 1. The minimum absolute atomic E-state index is 0.539. The van der Waals surface area contributed by atoms with Crippen LogP contribution >= 0.6 is 0 Å². The Morgan fingerprint density at radius 2 is 1.95 bits per heavy atom. The Hall–Kier alpha value is -1.51. The molecule has 1 rings (SSSR count). The summed E-state index contributed by atoms with van der Waals surface area (Å²) < 4.78 is 5.95. The Balaban J connectivity index is 2.61. The molecule has 124 valence electrons. The van der Waals surface area contributed by atoms with Gasteiger partial charge in [0, 0.05) is 0 Å². The standard InChI is InChI=1S/C19H30O3/c1-5-10-15(6-2)16-11-7-8-12-17(16)22-14-9-13-19(3,4)18(20)21/h7-8,11-12,15H,5-6,9-10,13-14H2,1-4H3,(H,20,21). The highest BCUT2D eigenvalue weighted by Gasteiger charge is 2.26. The maximum atomic E-state index is 11.1. The Morgan fingerprint density at radius 3 is 2.55 bits per heavy atom. The van der Waals surface area contributed by atoms with E-state index >= 15 is 0 Å². The summed E-state index contributed by atoms with van der Waals surface area (Å²) >= 11 is 0. The van der Waals surface area contributed by atoms with Gasteiger partial charge in [-0.1, -0.05) is 38.5 Å². The zero-order valence-corrected chi connectivity index (χ0v) is 14.4. The van der Waals surface area contributed by atoms with Crippen LogP contribution in [0.3, 0.4) is 0 Å². The molecule has 0 aromatic heterocycles. The van der Waals surface area contributed by atoms with Crippen LogP contribution in [0.1, 0.15) is 71.3 Å². The van der Waals surface area contributed by atoms with Crippen molar-refractivity contribution >= 4 is 5.97 Å². The highest BCUT2D eigenvalue weighted by molar-refractivity contribution is 5.73. The molecule has 0 fully saturated rings. The number of ether oxygens (including phenoxy) is 1. The van der Waals surface area contributed by atoms with E-state index in [0.717, 1.165) is 18.6 Å². The van der Waals surface area contributed by atoms with E-state index in [1.54, 1.807) is 13.8 Å². The number of carboxylic acid groups (broad SMARTS) is 1. The van der Waals surface area contributed by atoms with E-state index in [2.05, 4.69) is 26.0 Å². The fraction of sp³-hybridized carbons (Fsp3) is 0.632. The van der Waals surface area contributed by atoms with Gasteiger partial charge in [-0.25, -0.2) is 0 Å². The largest absolute Gasteiger partial charge is 0.493 e. The average Bonchev–Trinajstić information content (AvgIpc) is 2.49. The molecular formula is C19H30O3. The summed E-state index contributed by atoms with van der Waals surface area (Å²) in [6.45, 7) is 8.51. The predicted octanol–water partition coefficient (Wildman–Crippen LogP) is 5.25. The molecule has 22 heavy (non-hydrogen) atoms. The Bertz CT molecular complexity index is 466. The van der Waals surface area contributed by atoms with Crippen molar-refractivity contribution in [3.8, 4) is 5.75 Å². The third-order valence-electron chi connectivity index (χ3n) is 4.27. The first kappa shape index (κ1) is 18.5. The first-order valence-electron chi connectivity index (χ1n) is 8.37. The summed E-state index contributed by atoms with van der Waals surface area (Å²) in [5.41, 5.74) is 0.598. The molecule has 0 aliphatic heterocycles. The maximum absolute atomic E-state index is 11.1. The Labute approximate surface area is 134 Å². The molecule has 0 heterocycles. The molecule has 1 unspecified atom stereocenters. The molecule has 0 saturated heterocycles. The second kappa shape index (κ2) is 8.82. The monoisotopic (exact) mass is 306 g/mol. The highest BCUT2D eigenvalue weighted by Crippen LogP contribution is 2.32. The number of carboxylic acids is 1. The molecule has 0 spiro atoms. The Kier molecular flexibility index (Phi) is 7.43. The Morgan fingerprint density at radius 1 is 1.27 bits per heavy atom. The van der Waals surface area contributed by atoms with Crippen LogP contribution in [0.5, 0.6) is 5.75 Å². The molecule has 0 saturated carbocycles. The quantitative estimate of drug-likeness (QED) is 0.600. The number of hydrogen-bond donors (Lipinski definition) is 1. The summed E-state index contributed by atoms with van der Waals surface area (Å²) in [4.78, 5) is 11.1. The van der Waals surface area contributed by atoms with E-state index in [-0.39, 0.29) is 0 Å². The van der Waals surface area contributed by atoms with Crippen molar-refractivity contribution in [3.63, 3.8) is 0 Å². The van der Waals surface area contributed by atoms with Crippen molar-refractivity contribution in [2.24, 2.45) is 5.41 Å². The normalized spacial score (nSPS) is 12.9. The highest BCUT2D eigenvalue weighted by atomic mass is 16.5. The van der Waals surface area contributed by atoms with Gasteiger partial charge >= 0.3 is 5.97 Å². The molecule has 0 bridgehead atoms. The topological polar surface area (TPSA) is 46.5 Å². The van der Waals surface area contributed by atoms with Gasteiger partial charge in [0.1, 0.15) is 5.75 Å². The number of aliphatic carboxylic acids is 1. The molecule has 1 atom stereocenters. The van der Waals surface area contributed by atoms with Gasteiger partial charge in [0.25, 0.3) is 0 Å².